The molecule has 1 heterocycles. The highest BCUT2D eigenvalue weighted by atomic mass is 32.1. The Kier molecular flexibility index (Phi) is 3.79. The second kappa shape index (κ2) is 5.73. The van der Waals surface area contributed by atoms with Crippen molar-refractivity contribution in [2.24, 2.45) is 0 Å². The van der Waals surface area contributed by atoms with Crippen LogP contribution in [-0.4, -0.2) is 18.0 Å². The number of aryl methyl sites for hydroxylation is 2. The van der Waals surface area contributed by atoms with Crippen molar-refractivity contribution in [3.8, 4) is 5.75 Å². The molecule has 0 radical (unpaired) electrons. The fourth-order valence-corrected chi connectivity index (χ4v) is 3.50. The molecular formula is C15H17N3O2S. The number of anilines is 2. The van der Waals surface area contributed by atoms with Gasteiger partial charge in [0.2, 0.25) is 0 Å². The minimum Gasteiger partial charge on any atom is -0.495 e. The molecule has 110 valence electrons. The monoisotopic (exact) mass is 303 g/mol. The van der Waals surface area contributed by atoms with Crippen molar-refractivity contribution in [2.75, 3.05) is 18.2 Å². The van der Waals surface area contributed by atoms with Gasteiger partial charge in [0, 0.05) is 10.4 Å². The quantitative estimate of drug-likeness (QED) is 0.855. The van der Waals surface area contributed by atoms with Gasteiger partial charge >= 0.3 is 0 Å². The highest BCUT2D eigenvalue weighted by Crippen LogP contribution is 2.30. The van der Waals surface area contributed by atoms with E-state index in [4.69, 9.17) is 10.5 Å². The van der Waals surface area contributed by atoms with Crippen LogP contribution >= 0.6 is 11.3 Å². The van der Waals surface area contributed by atoms with E-state index in [1.807, 2.05) is 0 Å². The topological polar surface area (TPSA) is 77.2 Å². The summed E-state index contributed by atoms with van der Waals surface area (Å²) in [6, 6.07) is 5.00. The van der Waals surface area contributed by atoms with E-state index >= 15 is 0 Å². The number of hydrogen-bond acceptors (Lipinski definition) is 5. The molecule has 0 atom stereocenters. The zero-order valence-electron chi connectivity index (χ0n) is 11.8. The third-order valence-electron chi connectivity index (χ3n) is 3.56. The Balaban J connectivity index is 1.76. The van der Waals surface area contributed by atoms with Gasteiger partial charge in [-0.3, -0.25) is 10.1 Å². The lowest BCUT2D eigenvalue weighted by Gasteiger charge is -2.06. The van der Waals surface area contributed by atoms with Crippen LogP contribution in [-0.2, 0) is 12.8 Å². The highest BCUT2D eigenvalue weighted by Gasteiger charge is 2.17. The van der Waals surface area contributed by atoms with Gasteiger partial charge in [-0.1, -0.05) is 0 Å². The molecule has 1 aliphatic rings. The van der Waals surface area contributed by atoms with Crippen LogP contribution < -0.4 is 15.8 Å². The number of nitrogens with zero attached hydrogens (tertiary/aromatic N) is 1. The number of rotatable bonds is 3. The number of nitrogen functional groups attached to an aromatic ring is 1. The molecule has 0 bridgehead atoms. The van der Waals surface area contributed by atoms with Crippen molar-refractivity contribution in [1.29, 1.82) is 0 Å². The molecule has 21 heavy (non-hydrogen) atoms. The highest BCUT2D eigenvalue weighted by molar-refractivity contribution is 7.15. The Morgan fingerprint density at radius 1 is 1.38 bits per heavy atom. The summed E-state index contributed by atoms with van der Waals surface area (Å²) >= 11 is 1.57. The Labute approximate surface area is 127 Å². The molecule has 1 aromatic carbocycles. The number of methoxy groups -OCH3 is 1. The first-order chi connectivity index (χ1) is 10.2. The fourth-order valence-electron chi connectivity index (χ4n) is 2.45. The average molecular weight is 303 g/mol. The van der Waals surface area contributed by atoms with E-state index in [0.717, 1.165) is 18.5 Å². The van der Waals surface area contributed by atoms with Crippen LogP contribution in [0.15, 0.2) is 18.2 Å². The molecule has 3 N–H and O–H groups in total. The molecular weight excluding hydrogens is 286 g/mol. The number of hydrogen-bond donors (Lipinski definition) is 2. The van der Waals surface area contributed by atoms with E-state index in [0.29, 0.717) is 22.1 Å². The van der Waals surface area contributed by atoms with Crippen molar-refractivity contribution < 1.29 is 9.53 Å². The molecule has 1 aliphatic carbocycles. The van der Waals surface area contributed by atoms with E-state index in [1.165, 1.54) is 17.7 Å². The third-order valence-corrected chi connectivity index (χ3v) is 4.63. The summed E-state index contributed by atoms with van der Waals surface area (Å²) in [5.41, 5.74) is 7.91. The van der Waals surface area contributed by atoms with Gasteiger partial charge in [-0.05, 0) is 43.9 Å². The number of carbonyl (C=O) groups excluding carboxylic acids is 1. The van der Waals surface area contributed by atoms with Gasteiger partial charge in [-0.2, -0.15) is 0 Å². The number of ether oxygens (including phenoxy) is 1. The second-order valence-corrected chi connectivity index (χ2v) is 6.09. The molecule has 6 heteroatoms. The van der Waals surface area contributed by atoms with Gasteiger partial charge in [-0.15, -0.1) is 11.3 Å². The molecule has 0 saturated heterocycles. The summed E-state index contributed by atoms with van der Waals surface area (Å²) in [5, 5.41) is 3.52. The van der Waals surface area contributed by atoms with E-state index in [-0.39, 0.29) is 5.91 Å². The maximum absolute atomic E-state index is 12.2. The van der Waals surface area contributed by atoms with Gasteiger partial charge in [0.05, 0.1) is 18.5 Å². The van der Waals surface area contributed by atoms with Crippen molar-refractivity contribution >= 4 is 28.1 Å². The normalized spacial score (nSPS) is 13.6. The van der Waals surface area contributed by atoms with Gasteiger partial charge in [0.25, 0.3) is 5.91 Å². The summed E-state index contributed by atoms with van der Waals surface area (Å²) in [6.45, 7) is 0. The number of nitrogens with one attached hydrogen (secondary N) is 1. The molecule has 0 fully saturated rings. The van der Waals surface area contributed by atoms with E-state index in [1.54, 1.807) is 36.6 Å². The van der Waals surface area contributed by atoms with Crippen LogP contribution in [0.4, 0.5) is 10.8 Å². The number of benzene rings is 1. The van der Waals surface area contributed by atoms with E-state index in [9.17, 15) is 4.79 Å². The molecule has 0 saturated carbocycles. The molecule has 3 rings (SSSR count). The van der Waals surface area contributed by atoms with Gasteiger partial charge in [-0.25, -0.2) is 4.98 Å². The number of amides is 1. The summed E-state index contributed by atoms with van der Waals surface area (Å²) in [6.07, 6.45) is 4.46. The third kappa shape index (κ3) is 2.85. The number of fused-ring (bicyclic) bond motifs is 1. The largest absolute Gasteiger partial charge is 0.495 e. The molecule has 0 unspecified atom stereocenters. The van der Waals surface area contributed by atoms with E-state index < -0.39 is 0 Å². The summed E-state index contributed by atoms with van der Waals surface area (Å²) in [4.78, 5) is 18.0. The minimum absolute atomic E-state index is 0.199. The van der Waals surface area contributed by atoms with Crippen LogP contribution in [0.1, 0.15) is 33.8 Å². The molecule has 1 amide bonds. The summed E-state index contributed by atoms with van der Waals surface area (Å²) in [7, 11) is 1.55. The Bertz CT molecular complexity index is 658. The smallest absolute Gasteiger partial charge is 0.257 e. The Morgan fingerprint density at radius 3 is 2.90 bits per heavy atom. The van der Waals surface area contributed by atoms with Crippen LogP contribution in [0.3, 0.4) is 0 Å². The average Bonchev–Trinajstić information content (AvgIpc) is 2.89. The van der Waals surface area contributed by atoms with E-state index in [2.05, 4.69) is 10.3 Å². The second-order valence-electron chi connectivity index (χ2n) is 5.01. The van der Waals surface area contributed by atoms with Crippen LogP contribution in [0.2, 0.25) is 0 Å². The number of carbonyl (C=O) groups is 1. The predicted molar refractivity (Wildman–Crippen MR) is 84.1 cm³/mol. The fraction of sp³-hybridized carbons (Fsp3) is 0.333. The van der Waals surface area contributed by atoms with Crippen molar-refractivity contribution in [3.63, 3.8) is 0 Å². The van der Waals surface area contributed by atoms with Crippen molar-refractivity contribution in [3.05, 3.63) is 34.3 Å². The lowest BCUT2D eigenvalue weighted by molar-refractivity contribution is 0.102. The molecule has 5 nitrogen and oxygen atoms in total. The standard InChI is InChI=1S/C15H17N3O2S/c1-20-12-7-6-9(8-10(12)16)14(19)18-15-17-11-4-2-3-5-13(11)21-15/h6-8H,2-5,16H2,1H3,(H,17,18,19). The van der Waals surface area contributed by atoms with Gasteiger partial charge in [0.15, 0.2) is 5.13 Å². The van der Waals surface area contributed by atoms with Crippen molar-refractivity contribution in [1.82, 2.24) is 4.98 Å². The van der Waals surface area contributed by atoms with Crippen molar-refractivity contribution in [2.45, 2.75) is 25.7 Å². The molecule has 0 spiro atoms. The SMILES string of the molecule is COc1ccc(C(=O)Nc2nc3c(s2)CCCC3)cc1N. The zero-order chi connectivity index (χ0) is 14.8. The first-order valence-electron chi connectivity index (χ1n) is 6.91. The van der Waals surface area contributed by atoms with Crippen LogP contribution in [0.5, 0.6) is 5.75 Å². The maximum atomic E-state index is 12.2. The molecule has 1 aromatic heterocycles. The molecule has 0 aliphatic heterocycles. The zero-order valence-corrected chi connectivity index (χ0v) is 12.6. The lowest BCUT2D eigenvalue weighted by atomic mass is 10.0. The maximum Gasteiger partial charge on any atom is 0.257 e. The van der Waals surface area contributed by atoms with Crippen LogP contribution in [0, 0.1) is 0 Å². The summed E-state index contributed by atoms with van der Waals surface area (Å²) in [5.74, 6) is 0.367. The number of aromatic nitrogens is 1. The number of thiazole rings is 1. The first kappa shape index (κ1) is 13.9. The predicted octanol–water partition coefficient (Wildman–Crippen LogP) is 2.87. The number of nitrogens with two attached hydrogens (primary N) is 1. The van der Waals surface area contributed by atoms with Crippen LogP contribution in [0.25, 0.3) is 0 Å². The molecule has 2 aromatic rings. The Morgan fingerprint density at radius 2 is 2.19 bits per heavy atom. The van der Waals surface area contributed by atoms with Gasteiger partial charge < -0.3 is 10.5 Å². The Hall–Kier alpha value is -2.08. The summed E-state index contributed by atoms with van der Waals surface area (Å²) < 4.78 is 5.09. The van der Waals surface area contributed by atoms with Gasteiger partial charge in [0.1, 0.15) is 5.75 Å². The lowest BCUT2D eigenvalue weighted by Crippen LogP contribution is -2.12. The first-order valence-corrected chi connectivity index (χ1v) is 7.72. The minimum atomic E-state index is -0.199.